The summed E-state index contributed by atoms with van der Waals surface area (Å²) < 4.78 is 1.22. The molecule has 0 N–H and O–H groups in total. The lowest BCUT2D eigenvalue weighted by atomic mass is 10.3. The van der Waals surface area contributed by atoms with Crippen LogP contribution in [0, 0.1) is 11.5 Å². The molecule has 0 atom stereocenters. The minimum Gasteiger partial charge on any atom is -0.422 e. The SMILES string of the molecule is CCN(CC)CCC[N+](C)(CC)CC.N#CN=C=[N-]. The van der Waals surface area contributed by atoms with E-state index >= 15 is 0 Å². The Bertz CT molecular complexity index is 281. The van der Waals surface area contributed by atoms with Crippen molar-refractivity contribution in [2.75, 3.05) is 46.3 Å². The smallest absolute Gasteiger partial charge is 0.0925 e. The first-order valence-corrected chi connectivity index (χ1v) is 7.07. The second-order valence-corrected chi connectivity index (χ2v) is 4.67. The number of nitriles is 1. The third-order valence-corrected chi connectivity index (χ3v) is 3.69. The van der Waals surface area contributed by atoms with Crippen LogP contribution >= 0.6 is 0 Å². The highest BCUT2D eigenvalue weighted by Gasteiger charge is 2.15. The van der Waals surface area contributed by atoms with Gasteiger partial charge < -0.3 is 19.8 Å². The summed E-state index contributed by atoms with van der Waals surface area (Å²) in [5, 5.41) is 14.9. The summed E-state index contributed by atoms with van der Waals surface area (Å²) in [5.74, 6) is 0. The Morgan fingerprint density at radius 3 is 1.95 bits per heavy atom. The maximum Gasteiger partial charge on any atom is 0.0925 e. The van der Waals surface area contributed by atoms with Gasteiger partial charge in [0.25, 0.3) is 0 Å². The molecule has 0 aliphatic carbocycles. The Hall–Kier alpha value is -1.21. The molecule has 5 heteroatoms. The molecule has 0 aliphatic heterocycles. The summed E-state index contributed by atoms with van der Waals surface area (Å²) in [6.07, 6.45) is 2.61. The van der Waals surface area contributed by atoms with E-state index in [9.17, 15) is 0 Å². The summed E-state index contributed by atoms with van der Waals surface area (Å²) in [7, 11) is 2.36. The van der Waals surface area contributed by atoms with Crippen molar-refractivity contribution in [1.29, 1.82) is 5.26 Å². The number of hydrogen-bond acceptors (Lipinski definition) is 3. The number of nitrogens with zero attached hydrogens (tertiary/aromatic N) is 5. The third-order valence-electron chi connectivity index (χ3n) is 3.69. The van der Waals surface area contributed by atoms with Crippen molar-refractivity contribution < 1.29 is 4.48 Å². The van der Waals surface area contributed by atoms with E-state index in [1.807, 2.05) is 0 Å². The predicted molar refractivity (Wildman–Crippen MR) is 80.9 cm³/mol. The predicted octanol–water partition coefficient (Wildman–Crippen LogP) is 2.42. The van der Waals surface area contributed by atoms with Crippen molar-refractivity contribution in [3.8, 4) is 6.19 Å². The van der Waals surface area contributed by atoms with E-state index in [4.69, 9.17) is 10.7 Å². The van der Waals surface area contributed by atoms with Crippen molar-refractivity contribution >= 4 is 6.01 Å². The van der Waals surface area contributed by atoms with Crippen LogP contribution in [0.15, 0.2) is 4.99 Å². The Kier molecular flexibility index (Phi) is 14.0. The van der Waals surface area contributed by atoms with Crippen molar-refractivity contribution in [1.82, 2.24) is 4.90 Å². The lowest BCUT2D eigenvalue weighted by molar-refractivity contribution is -0.906. The highest BCUT2D eigenvalue weighted by Crippen LogP contribution is 2.03. The molecule has 0 aromatic carbocycles. The quantitative estimate of drug-likeness (QED) is 0.385. The maximum atomic E-state index is 7.43. The molecule has 0 saturated carbocycles. The van der Waals surface area contributed by atoms with E-state index in [-0.39, 0.29) is 0 Å². The van der Waals surface area contributed by atoms with Crippen LogP contribution in [0.4, 0.5) is 0 Å². The van der Waals surface area contributed by atoms with E-state index in [0.717, 1.165) is 0 Å². The van der Waals surface area contributed by atoms with Gasteiger partial charge in [-0.25, -0.2) is 0 Å². The minimum atomic E-state index is 1.19. The van der Waals surface area contributed by atoms with Crippen molar-refractivity contribution in [2.45, 2.75) is 34.1 Å². The molecule has 0 bridgehead atoms. The fraction of sp³-hybridized carbons (Fsp3) is 0.857. The number of rotatable bonds is 8. The number of quaternary nitrogens is 1. The van der Waals surface area contributed by atoms with Gasteiger partial charge in [0.1, 0.15) is 0 Å². The molecule has 19 heavy (non-hydrogen) atoms. The standard InChI is InChI=1S/C12H29N2.C2N3/c1-6-13(7-2)11-10-12-14(5,8-3)9-4;3-1-5-2-4/h6-12H2,1-5H3;/q+1;-1. The van der Waals surface area contributed by atoms with Gasteiger partial charge in [-0.1, -0.05) is 13.8 Å². The van der Waals surface area contributed by atoms with E-state index < -0.39 is 0 Å². The number of hydrogen-bond donors (Lipinski definition) is 0. The van der Waals surface area contributed by atoms with E-state index in [1.54, 1.807) is 0 Å². The Morgan fingerprint density at radius 1 is 1.16 bits per heavy atom. The molecule has 0 rings (SSSR count). The first-order chi connectivity index (χ1) is 9.03. The molecule has 0 aromatic heterocycles. The molecule has 110 valence electrons. The summed E-state index contributed by atoms with van der Waals surface area (Å²) >= 11 is 0. The first-order valence-electron chi connectivity index (χ1n) is 7.07. The van der Waals surface area contributed by atoms with Crippen molar-refractivity contribution in [3.63, 3.8) is 0 Å². The Morgan fingerprint density at radius 2 is 1.68 bits per heavy atom. The highest BCUT2D eigenvalue weighted by molar-refractivity contribution is 5.46. The van der Waals surface area contributed by atoms with Crippen LogP contribution in [-0.4, -0.2) is 61.7 Å². The summed E-state index contributed by atoms with van der Waals surface area (Å²) in [6, 6.07) is 1.28. The van der Waals surface area contributed by atoms with Gasteiger partial charge in [-0.2, -0.15) is 5.26 Å². The molecule has 0 fully saturated rings. The molecule has 5 nitrogen and oxygen atoms in total. The van der Waals surface area contributed by atoms with Gasteiger partial charge in [0, 0.05) is 13.0 Å². The summed E-state index contributed by atoms with van der Waals surface area (Å²) in [6.45, 7) is 16.6. The minimum absolute atomic E-state index is 1.19. The van der Waals surface area contributed by atoms with Crippen molar-refractivity contribution in [3.05, 3.63) is 5.41 Å². The maximum absolute atomic E-state index is 7.43. The lowest BCUT2D eigenvalue weighted by Crippen LogP contribution is -2.45. The van der Waals surface area contributed by atoms with E-state index in [0.29, 0.717) is 0 Å². The largest absolute Gasteiger partial charge is 0.422 e. The van der Waals surface area contributed by atoms with Crippen LogP contribution in [0.5, 0.6) is 0 Å². The second-order valence-electron chi connectivity index (χ2n) is 4.67. The first kappa shape index (κ1) is 20.1. The topological polar surface area (TPSA) is 61.7 Å². The monoisotopic (exact) mass is 267 g/mol. The van der Waals surface area contributed by atoms with Gasteiger partial charge in [0.2, 0.25) is 0 Å². The van der Waals surface area contributed by atoms with Gasteiger partial charge in [0.05, 0.1) is 32.9 Å². The molecular weight excluding hydrogens is 238 g/mol. The number of aliphatic imine (C=N–C) groups is 1. The normalized spacial score (nSPS) is 10.2. The second kappa shape index (κ2) is 13.2. The van der Waals surface area contributed by atoms with Gasteiger partial charge in [-0.3, -0.25) is 0 Å². The zero-order valence-electron chi connectivity index (χ0n) is 13.2. The van der Waals surface area contributed by atoms with E-state index in [1.165, 1.54) is 62.4 Å². The highest BCUT2D eigenvalue weighted by atomic mass is 15.3. The van der Waals surface area contributed by atoms with Gasteiger partial charge >= 0.3 is 0 Å². The molecule has 0 radical (unpaired) electrons. The summed E-state index contributed by atoms with van der Waals surface area (Å²) in [5.41, 5.74) is 0. The molecule has 0 saturated heterocycles. The zero-order chi connectivity index (χ0) is 15.1. The van der Waals surface area contributed by atoms with Crippen LogP contribution in [0.3, 0.4) is 0 Å². The van der Waals surface area contributed by atoms with E-state index in [2.05, 4.69) is 44.6 Å². The zero-order valence-corrected chi connectivity index (χ0v) is 13.2. The molecule has 0 aliphatic rings. The van der Waals surface area contributed by atoms with Gasteiger partial charge in [0.15, 0.2) is 0 Å². The van der Waals surface area contributed by atoms with Crippen LogP contribution in [-0.2, 0) is 0 Å². The molecule has 0 spiro atoms. The molecule has 0 heterocycles. The van der Waals surface area contributed by atoms with Gasteiger partial charge in [-0.05, 0) is 26.9 Å². The lowest BCUT2D eigenvalue weighted by Gasteiger charge is -2.33. The van der Waals surface area contributed by atoms with Crippen LogP contribution in [0.1, 0.15) is 34.1 Å². The van der Waals surface area contributed by atoms with Crippen LogP contribution in [0.2, 0.25) is 0 Å². The Labute approximate surface area is 118 Å². The average Bonchev–Trinajstić information content (AvgIpc) is 2.45. The third kappa shape index (κ3) is 11.6. The fourth-order valence-corrected chi connectivity index (χ4v) is 1.78. The average molecular weight is 267 g/mol. The fourth-order valence-electron chi connectivity index (χ4n) is 1.78. The molecular formula is C14H29N5. The van der Waals surface area contributed by atoms with Crippen molar-refractivity contribution in [2.24, 2.45) is 4.99 Å². The van der Waals surface area contributed by atoms with Crippen LogP contribution < -0.4 is 0 Å². The molecule has 0 unspecified atom stereocenters. The summed E-state index contributed by atoms with van der Waals surface area (Å²) in [4.78, 5) is 5.09. The Balaban J connectivity index is 0. The van der Waals surface area contributed by atoms with Crippen LogP contribution in [0.25, 0.3) is 5.41 Å². The molecule has 0 aromatic rings. The molecule has 0 amide bonds. The van der Waals surface area contributed by atoms with Gasteiger partial charge in [-0.15, -0.1) is 6.01 Å².